The summed E-state index contributed by atoms with van der Waals surface area (Å²) in [4.78, 5) is 0. The zero-order valence-corrected chi connectivity index (χ0v) is 7.86. The van der Waals surface area contributed by atoms with Crippen LogP contribution in [0.3, 0.4) is 0 Å². The van der Waals surface area contributed by atoms with Crippen molar-refractivity contribution in [3.8, 4) is 0 Å². The summed E-state index contributed by atoms with van der Waals surface area (Å²) in [5.41, 5.74) is 2.66. The zero-order valence-electron chi connectivity index (χ0n) is 6.46. The van der Waals surface area contributed by atoms with Gasteiger partial charge >= 0.3 is 22.2 Å². The van der Waals surface area contributed by atoms with Crippen LogP contribution in [0.1, 0.15) is 11.1 Å². The van der Waals surface area contributed by atoms with Gasteiger partial charge in [0.15, 0.2) is 0 Å². The van der Waals surface area contributed by atoms with Crippen LogP contribution in [-0.4, -0.2) is 5.23 Å². The molecule has 0 radical (unpaired) electrons. The SMILES string of the molecule is Cc1ccc(C)cc1.[CH2]=[V]. The molecule has 0 nitrogen and oxygen atoms in total. The average molecular weight is 171 g/mol. The summed E-state index contributed by atoms with van der Waals surface area (Å²) in [7, 11) is 0. The third-order valence-corrected chi connectivity index (χ3v) is 1.22. The quantitative estimate of drug-likeness (QED) is 0.561. The van der Waals surface area contributed by atoms with Crippen LogP contribution in [0.25, 0.3) is 0 Å². The van der Waals surface area contributed by atoms with E-state index in [9.17, 15) is 0 Å². The fourth-order valence-electron chi connectivity index (χ4n) is 0.637. The van der Waals surface area contributed by atoms with Crippen molar-refractivity contribution in [1.82, 2.24) is 0 Å². The van der Waals surface area contributed by atoms with E-state index in [1.807, 2.05) is 0 Å². The van der Waals surface area contributed by atoms with Crippen molar-refractivity contribution in [3.05, 3.63) is 35.4 Å². The van der Waals surface area contributed by atoms with E-state index >= 15 is 0 Å². The molecule has 0 N–H and O–H groups in total. The second kappa shape index (κ2) is 5.46. The zero-order chi connectivity index (χ0) is 7.98. The molecule has 0 aliphatic carbocycles. The number of aryl methyl sites for hydroxylation is 2. The predicted octanol–water partition coefficient (Wildman–Crippen LogP) is 2.27. The van der Waals surface area contributed by atoms with E-state index in [-0.39, 0.29) is 0 Å². The summed E-state index contributed by atoms with van der Waals surface area (Å²) in [5.74, 6) is 0. The van der Waals surface area contributed by atoms with Gasteiger partial charge in [0.25, 0.3) is 0 Å². The summed E-state index contributed by atoms with van der Waals surface area (Å²) in [6.45, 7) is 4.19. The van der Waals surface area contributed by atoms with Crippen molar-refractivity contribution >= 4 is 5.23 Å². The Hall–Kier alpha value is -0.326. The first-order valence-corrected chi connectivity index (χ1v) is 4.13. The Morgan fingerprint density at radius 3 is 1.30 bits per heavy atom. The first-order chi connectivity index (χ1) is 4.79. The molecule has 0 aliphatic rings. The maximum absolute atomic E-state index is 3.19. The third kappa shape index (κ3) is 3.65. The Morgan fingerprint density at radius 1 is 0.900 bits per heavy atom. The predicted molar refractivity (Wildman–Crippen MR) is 43.0 cm³/mol. The van der Waals surface area contributed by atoms with Gasteiger partial charge in [0.05, 0.1) is 0 Å². The number of benzene rings is 1. The summed E-state index contributed by atoms with van der Waals surface area (Å²) >= 11 is 2.06. The molecule has 0 aliphatic heterocycles. The minimum atomic E-state index is 1.33. The van der Waals surface area contributed by atoms with E-state index < -0.39 is 0 Å². The molecular formula is C9H12V. The first kappa shape index (κ1) is 9.67. The van der Waals surface area contributed by atoms with Crippen LogP contribution in [-0.2, 0) is 17.0 Å². The van der Waals surface area contributed by atoms with Gasteiger partial charge in [-0.25, -0.2) is 0 Å². The fraction of sp³-hybridized carbons (Fsp3) is 0.222. The fourth-order valence-corrected chi connectivity index (χ4v) is 0.637. The van der Waals surface area contributed by atoms with Gasteiger partial charge < -0.3 is 0 Å². The molecule has 0 amide bonds. The minimum absolute atomic E-state index is 1.33. The second-order valence-corrected chi connectivity index (χ2v) is 2.15. The van der Waals surface area contributed by atoms with Gasteiger partial charge in [0.1, 0.15) is 0 Å². The summed E-state index contributed by atoms with van der Waals surface area (Å²) < 4.78 is 0. The van der Waals surface area contributed by atoms with E-state index in [4.69, 9.17) is 0 Å². The summed E-state index contributed by atoms with van der Waals surface area (Å²) in [5, 5.41) is 3.19. The van der Waals surface area contributed by atoms with E-state index in [1.165, 1.54) is 11.1 Å². The molecule has 1 rings (SSSR count). The molecule has 0 heterocycles. The Morgan fingerprint density at radius 2 is 1.10 bits per heavy atom. The van der Waals surface area contributed by atoms with E-state index in [2.05, 4.69) is 60.3 Å². The first-order valence-electron chi connectivity index (χ1n) is 3.14. The van der Waals surface area contributed by atoms with Gasteiger partial charge in [-0.1, -0.05) is 35.4 Å². The number of rotatable bonds is 0. The van der Waals surface area contributed by atoms with Crippen molar-refractivity contribution < 1.29 is 17.0 Å². The standard InChI is InChI=1S/C8H10.CH2.V/c1-7-3-5-8(2)6-4-7;;/h3-6H,1-2H3;1H2;. The van der Waals surface area contributed by atoms with Crippen LogP contribution in [0.4, 0.5) is 0 Å². The van der Waals surface area contributed by atoms with Gasteiger partial charge in [0, 0.05) is 0 Å². The van der Waals surface area contributed by atoms with Gasteiger partial charge in [-0.05, 0) is 13.8 Å². The maximum atomic E-state index is 3.19. The molecule has 0 bridgehead atoms. The summed E-state index contributed by atoms with van der Waals surface area (Å²) in [6, 6.07) is 8.48. The normalized spacial score (nSPS) is 7.70. The van der Waals surface area contributed by atoms with Gasteiger partial charge in [-0.15, -0.1) is 0 Å². The van der Waals surface area contributed by atoms with Crippen LogP contribution < -0.4 is 0 Å². The Bertz CT molecular complexity index is 155. The molecule has 0 aromatic heterocycles. The van der Waals surface area contributed by atoms with Crippen LogP contribution >= 0.6 is 0 Å². The Labute approximate surface area is 71.8 Å². The van der Waals surface area contributed by atoms with Gasteiger partial charge in [0.2, 0.25) is 0 Å². The molecule has 1 aromatic rings. The molecule has 0 saturated carbocycles. The molecule has 0 fully saturated rings. The molecule has 0 atom stereocenters. The monoisotopic (exact) mass is 171 g/mol. The molecule has 0 saturated heterocycles. The third-order valence-electron chi connectivity index (χ3n) is 1.22. The Balaban J connectivity index is 0.000000371. The van der Waals surface area contributed by atoms with E-state index in [0.717, 1.165) is 0 Å². The Kier molecular flexibility index (Phi) is 5.28. The molecule has 10 heavy (non-hydrogen) atoms. The van der Waals surface area contributed by atoms with Crippen LogP contribution in [0, 0.1) is 13.8 Å². The van der Waals surface area contributed by atoms with Crippen molar-refractivity contribution in [2.75, 3.05) is 0 Å². The van der Waals surface area contributed by atoms with Crippen molar-refractivity contribution in [2.24, 2.45) is 0 Å². The van der Waals surface area contributed by atoms with Crippen molar-refractivity contribution in [2.45, 2.75) is 13.8 Å². The average Bonchev–Trinajstić information content (AvgIpc) is 2.00. The van der Waals surface area contributed by atoms with Crippen LogP contribution in [0.15, 0.2) is 24.3 Å². The molecule has 0 unspecified atom stereocenters. The molecule has 1 aromatic carbocycles. The molecule has 1 heteroatoms. The second-order valence-electron chi connectivity index (χ2n) is 2.15. The van der Waals surface area contributed by atoms with E-state index in [0.29, 0.717) is 0 Å². The van der Waals surface area contributed by atoms with Gasteiger partial charge in [-0.3, -0.25) is 0 Å². The van der Waals surface area contributed by atoms with Gasteiger partial charge in [-0.2, -0.15) is 0 Å². The van der Waals surface area contributed by atoms with Crippen molar-refractivity contribution in [1.29, 1.82) is 0 Å². The topological polar surface area (TPSA) is 0 Å². The van der Waals surface area contributed by atoms with E-state index in [1.54, 1.807) is 0 Å². The number of hydrogen-bond donors (Lipinski definition) is 0. The molecule has 53 valence electrons. The molecular weight excluding hydrogens is 159 g/mol. The molecule has 0 spiro atoms. The van der Waals surface area contributed by atoms with Crippen LogP contribution in [0.2, 0.25) is 0 Å². The van der Waals surface area contributed by atoms with Crippen molar-refractivity contribution in [3.63, 3.8) is 0 Å². The number of hydrogen-bond acceptors (Lipinski definition) is 0. The van der Waals surface area contributed by atoms with Crippen LogP contribution in [0.5, 0.6) is 0 Å². The summed E-state index contributed by atoms with van der Waals surface area (Å²) in [6.07, 6.45) is 0.